The molecular formula is C19H28O2. The molecule has 0 aromatic heterocycles. The first-order valence-electron chi connectivity index (χ1n) is 7.47. The fraction of sp³-hybridized carbons (Fsp3) is 0.316. The number of hydrogen-bond donors (Lipinski definition) is 1. The highest BCUT2D eigenvalue weighted by atomic mass is 16.3. The molecule has 0 fully saturated rings. The maximum Gasteiger partial charge on any atom is 0.150 e. The van der Waals surface area contributed by atoms with E-state index in [0.717, 1.165) is 17.4 Å². The minimum atomic E-state index is -0.341. The molecule has 2 nitrogen and oxygen atoms in total. The Balaban J connectivity index is 0. The molecule has 0 aliphatic rings. The maximum atomic E-state index is 10.0. The first kappa shape index (κ1) is 21.4. The second-order valence-corrected chi connectivity index (χ2v) is 3.62. The van der Waals surface area contributed by atoms with Gasteiger partial charge in [0.15, 0.2) is 0 Å². The number of benzene rings is 2. The van der Waals surface area contributed by atoms with Gasteiger partial charge in [0, 0.05) is 5.56 Å². The van der Waals surface area contributed by atoms with Crippen molar-refractivity contribution < 1.29 is 9.90 Å². The Hall–Kier alpha value is -1.93. The topological polar surface area (TPSA) is 37.3 Å². The summed E-state index contributed by atoms with van der Waals surface area (Å²) in [6, 6.07) is 18.7. The summed E-state index contributed by atoms with van der Waals surface area (Å²) in [4.78, 5) is 10.0. The standard InChI is InChI=1S/C8H10O.C7H6O.2C2H6/c1-7(9)8-5-3-2-4-6-8;8-6-7-4-2-1-3-5-7;2*1-2/h2-7,9H,1H3;1-6H;2*1-2H3. The molecule has 1 unspecified atom stereocenters. The molecule has 0 saturated heterocycles. The highest BCUT2D eigenvalue weighted by Gasteiger charge is 1.95. The van der Waals surface area contributed by atoms with Crippen molar-refractivity contribution in [2.75, 3.05) is 0 Å². The monoisotopic (exact) mass is 288 g/mol. The molecule has 2 aromatic rings. The van der Waals surface area contributed by atoms with Gasteiger partial charge in [0.05, 0.1) is 6.10 Å². The lowest BCUT2D eigenvalue weighted by molar-refractivity contribution is 0.112. The minimum Gasteiger partial charge on any atom is -0.389 e. The maximum absolute atomic E-state index is 10.0. The Morgan fingerprint density at radius 2 is 1.19 bits per heavy atom. The van der Waals surface area contributed by atoms with Crippen LogP contribution in [0, 0.1) is 0 Å². The van der Waals surface area contributed by atoms with Crippen molar-refractivity contribution in [3.8, 4) is 0 Å². The van der Waals surface area contributed by atoms with E-state index in [1.165, 1.54) is 0 Å². The number of carbonyl (C=O) groups excluding carboxylic acids is 1. The summed E-state index contributed by atoms with van der Waals surface area (Å²) in [5.74, 6) is 0. The third kappa shape index (κ3) is 11.6. The average Bonchev–Trinajstić information content (AvgIpc) is 2.60. The van der Waals surface area contributed by atoms with E-state index in [1.807, 2.05) is 76.2 Å². The number of aliphatic hydroxyl groups is 1. The average molecular weight is 288 g/mol. The molecule has 0 amide bonds. The third-order valence-corrected chi connectivity index (χ3v) is 2.22. The molecule has 2 aromatic carbocycles. The Bertz CT molecular complexity index is 422. The van der Waals surface area contributed by atoms with Gasteiger partial charge >= 0.3 is 0 Å². The van der Waals surface area contributed by atoms with Gasteiger partial charge in [0.2, 0.25) is 0 Å². The zero-order chi connectivity index (χ0) is 16.5. The van der Waals surface area contributed by atoms with E-state index in [9.17, 15) is 4.79 Å². The lowest BCUT2D eigenvalue weighted by atomic mass is 10.1. The molecule has 2 heteroatoms. The van der Waals surface area contributed by atoms with Crippen molar-refractivity contribution in [2.24, 2.45) is 0 Å². The van der Waals surface area contributed by atoms with E-state index < -0.39 is 0 Å². The molecule has 1 atom stereocenters. The number of aliphatic hydroxyl groups excluding tert-OH is 1. The number of aldehydes is 1. The first-order chi connectivity index (χ1) is 10.2. The fourth-order valence-electron chi connectivity index (χ4n) is 1.26. The van der Waals surface area contributed by atoms with Crippen LogP contribution in [0.4, 0.5) is 0 Å². The fourth-order valence-corrected chi connectivity index (χ4v) is 1.26. The second kappa shape index (κ2) is 16.1. The second-order valence-electron chi connectivity index (χ2n) is 3.62. The molecule has 21 heavy (non-hydrogen) atoms. The molecule has 116 valence electrons. The smallest absolute Gasteiger partial charge is 0.150 e. The molecule has 0 saturated carbocycles. The van der Waals surface area contributed by atoms with Crippen molar-refractivity contribution >= 4 is 6.29 Å². The lowest BCUT2D eigenvalue weighted by Gasteiger charge is -2.00. The lowest BCUT2D eigenvalue weighted by Crippen LogP contribution is -1.87. The van der Waals surface area contributed by atoms with Crippen molar-refractivity contribution in [1.29, 1.82) is 0 Å². The van der Waals surface area contributed by atoms with Crippen LogP contribution in [0.25, 0.3) is 0 Å². The van der Waals surface area contributed by atoms with Gasteiger partial charge in [0.25, 0.3) is 0 Å². The molecule has 0 bridgehead atoms. The number of hydrogen-bond acceptors (Lipinski definition) is 2. The van der Waals surface area contributed by atoms with Gasteiger partial charge in [0.1, 0.15) is 6.29 Å². The van der Waals surface area contributed by atoms with E-state index in [1.54, 1.807) is 19.1 Å². The van der Waals surface area contributed by atoms with Crippen LogP contribution in [0.2, 0.25) is 0 Å². The zero-order valence-corrected chi connectivity index (χ0v) is 13.8. The number of carbonyl (C=O) groups is 1. The third-order valence-electron chi connectivity index (χ3n) is 2.22. The van der Waals surface area contributed by atoms with Crippen LogP contribution in [-0.4, -0.2) is 11.4 Å². The number of rotatable bonds is 2. The van der Waals surface area contributed by atoms with Crippen LogP contribution in [0.15, 0.2) is 60.7 Å². The van der Waals surface area contributed by atoms with Crippen molar-refractivity contribution in [1.82, 2.24) is 0 Å². The SMILES string of the molecule is CC.CC.CC(O)c1ccccc1.O=Cc1ccccc1. The minimum absolute atomic E-state index is 0.341. The summed E-state index contributed by atoms with van der Waals surface area (Å²) < 4.78 is 0. The predicted octanol–water partition coefficient (Wildman–Crippen LogP) is 5.29. The van der Waals surface area contributed by atoms with Crippen molar-refractivity contribution in [2.45, 2.75) is 40.7 Å². The summed E-state index contributed by atoms with van der Waals surface area (Å²) in [6.45, 7) is 9.76. The molecular weight excluding hydrogens is 260 g/mol. The summed E-state index contributed by atoms with van der Waals surface area (Å²) in [5.41, 5.74) is 1.70. The largest absolute Gasteiger partial charge is 0.389 e. The van der Waals surface area contributed by atoms with Gasteiger partial charge in [-0.1, -0.05) is 88.4 Å². The van der Waals surface area contributed by atoms with Gasteiger partial charge in [-0.25, -0.2) is 0 Å². The van der Waals surface area contributed by atoms with E-state index >= 15 is 0 Å². The van der Waals surface area contributed by atoms with Gasteiger partial charge in [-0.05, 0) is 12.5 Å². The molecule has 0 spiro atoms. The predicted molar refractivity (Wildman–Crippen MR) is 91.6 cm³/mol. The zero-order valence-electron chi connectivity index (χ0n) is 13.8. The normalized spacial score (nSPS) is 9.43. The van der Waals surface area contributed by atoms with Gasteiger partial charge in [-0.3, -0.25) is 4.79 Å². The quantitative estimate of drug-likeness (QED) is 0.762. The van der Waals surface area contributed by atoms with Crippen LogP contribution >= 0.6 is 0 Å². The molecule has 1 N–H and O–H groups in total. The van der Waals surface area contributed by atoms with Crippen LogP contribution in [0.5, 0.6) is 0 Å². The summed E-state index contributed by atoms with van der Waals surface area (Å²) >= 11 is 0. The molecule has 0 aliphatic heterocycles. The summed E-state index contributed by atoms with van der Waals surface area (Å²) in [7, 11) is 0. The van der Waals surface area contributed by atoms with Crippen molar-refractivity contribution in [3.63, 3.8) is 0 Å². The summed E-state index contributed by atoms with van der Waals surface area (Å²) in [5, 5.41) is 9.02. The van der Waals surface area contributed by atoms with Gasteiger partial charge < -0.3 is 5.11 Å². The van der Waals surface area contributed by atoms with Crippen LogP contribution < -0.4 is 0 Å². The summed E-state index contributed by atoms with van der Waals surface area (Å²) in [6.07, 6.45) is 0.492. The molecule has 0 heterocycles. The Kier molecular flexibility index (Phi) is 16.4. The molecule has 0 radical (unpaired) electrons. The molecule has 0 aliphatic carbocycles. The van der Waals surface area contributed by atoms with Crippen LogP contribution in [0.3, 0.4) is 0 Å². The Labute approximate surface area is 129 Å². The van der Waals surface area contributed by atoms with Crippen LogP contribution in [-0.2, 0) is 0 Å². The van der Waals surface area contributed by atoms with E-state index in [4.69, 9.17) is 5.11 Å². The highest BCUT2D eigenvalue weighted by molar-refractivity contribution is 5.74. The van der Waals surface area contributed by atoms with E-state index in [-0.39, 0.29) is 6.10 Å². The van der Waals surface area contributed by atoms with Crippen LogP contribution in [0.1, 0.15) is 56.6 Å². The molecule has 2 rings (SSSR count). The Morgan fingerprint density at radius 1 is 0.810 bits per heavy atom. The Morgan fingerprint density at radius 3 is 1.43 bits per heavy atom. The van der Waals surface area contributed by atoms with Crippen molar-refractivity contribution in [3.05, 3.63) is 71.8 Å². The van der Waals surface area contributed by atoms with Gasteiger partial charge in [-0.2, -0.15) is 0 Å². The van der Waals surface area contributed by atoms with Gasteiger partial charge in [-0.15, -0.1) is 0 Å². The highest BCUT2D eigenvalue weighted by Crippen LogP contribution is 2.09. The van der Waals surface area contributed by atoms with E-state index in [2.05, 4.69) is 0 Å². The first-order valence-corrected chi connectivity index (χ1v) is 7.47. The van der Waals surface area contributed by atoms with E-state index in [0.29, 0.717) is 0 Å².